The second-order valence-corrected chi connectivity index (χ2v) is 7.98. The van der Waals surface area contributed by atoms with Gasteiger partial charge in [-0.2, -0.15) is 0 Å². The van der Waals surface area contributed by atoms with Gasteiger partial charge in [0.1, 0.15) is 0 Å². The molecule has 0 aliphatic rings. The Balaban J connectivity index is 2.19. The molecule has 0 bridgehead atoms. The highest BCUT2D eigenvalue weighted by atomic mass is 32.2. The molecule has 2 rings (SSSR count). The number of ether oxygens (including phenoxy) is 1. The van der Waals surface area contributed by atoms with Crippen LogP contribution in [0, 0.1) is 6.92 Å². The van der Waals surface area contributed by atoms with Crippen molar-refractivity contribution in [3.05, 3.63) is 65.7 Å². The first-order valence-electron chi connectivity index (χ1n) is 8.81. The van der Waals surface area contributed by atoms with Gasteiger partial charge in [0, 0.05) is 0 Å². The van der Waals surface area contributed by atoms with Gasteiger partial charge in [-0.05, 0) is 44.4 Å². The van der Waals surface area contributed by atoms with Gasteiger partial charge in [0.15, 0.2) is 6.10 Å². The highest BCUT2D eigenvalue weighted by Crippen LogP contribution is 2.15. The smallest absolute Gasteiger partial charge is 0.336 e. The molecule has 2 aromatic rings. The fourth-order valence-corrected chi connectivity index (χ4v) is 3.90. The molecule has 0 amide bonds. The zero-order valence-corrected chi connectivity index (χ0v) is 16.3. The molecular weight excluding hydrogens is 366 g/mol. The van der Waals surface area contributed by atoms with Crippen molar-refractivity contribution < 1.29 is 23.1 Å². The van der Waals surface area contributed by atoms with Crippen molar-refractivity contribution in [1.82, 2.24) is 4.72 Å². The molecule has 6 nitrogen and oxygen atoms in total. The van der Waals surface area contributed by atoms with Crippen LogP contribution in [0.3, 0.4) is 0 Å². The molecule has 0 aromatic heterocycles. The molecule has 0 unspecified atom stereocenters. The van der Waals surface area contributed by atoms with Crippen molar-refractivity contribution in [2.75, 3.05) is 6.61 Å². The van der Waals surface area contributed by atoms with Crippen molar-refractivity contribution in [3.63, 3.8) is 0 Å². The molecule has 0 radical (unpaired) electrons. The Morgan fingerprint density at radius 1 is 1.11 bits per heavy atom. The Labute approximate surface area is 160 Å². The third-order valence-electron chi connectivity index (χ3n) is 4.13. The average Bonchev–Trinajstić information content (AvgIpc) is 2.66. The number of aliphatic hydroxyl groups is 1. The van der Waals surface area contributed by atoms with Crippen LogP contribution in [-0.4, -0.2) is 38.2 Å². The van der Waals surface area contributed by atoms with Crippen LogP contribution < -0.4 is 4.72 Å². The van der Waals surface area contributed by atoms with Crippen LogP contribution in [-0.2, 0) is 26.0 Å². The Morgan fingerprint density at radius 3 is 2.33 bits per heavy atom. The maximum atomic E-state index is 12.7. The number of esters is 1. The van der Waals surface area contributed by atoms with E-state index >= 15 is 0 Å². The fourth-order valence-electron chi connectivity index (χ4n) is 2.62. The van der Waals surface area contributed by atoms with E-state index in [2.05, 4.69) is 4.72 Å². The number of carbonyl (C=O) groups is 1. The average molecular weight is 391 g/mol. The van der Waals surface area contributed by atoms with E-state index in [-0.39, 0.29) is 17.9 Å². The van der Waals surface area contributed by atoms with E-state index in [4.69, 9.17) is 4.74 Å². The Hall–Kier alpha value is -2.22. The lowest BCUT2D eigenvalue weighted by atomic mass is 10.0. The molecule has 0 saturated heterocycles. The van der Waals surface area contributed by atoms with Crippen LogP contribution >= 0.6 is 0 Å². The van der Waals surface area contributed by atoms with Crippen LogP contribution in [0.5, 0.6) is 0 Å². The number of aliphatic hydroxyl groups excluding tert-OH is 1. The lowest BCUT2D eigenvalue weighted by Crippen LogP contribution is -2.47. The minimum atomic E-state index is -3.89. The fraction of sp³-hybridized carbons (Fsp3) is 0.350. The van der Waals surface area contributed by atoms with Crippen molar-refractivity contribution in [3.8, 4) is 0 Å². The van der Waals surface area contributed by atoms with E-state index in [0.29, 0.717) is 6.42 Å². The van der Waals surface area contributed by atoms with Crippen molar-refractivity contribution in [2.24, 2.45) is 0 Å². The minimum absolute atomic E-state index is 0.0777. The zero-order chi connectivity index (χ0) is 19.9. The first-order chi connectivity index (χ1) is 12.8. The maximum absolute atomic E-state index is 12.7. The summed E-state index contributed by atoms with van der Waals surface area (Å²) in [5, 5.41) is 10.3. The van der Waals surface area contributed by atoms with Crippen molar-refractivity contribution in [2.45, 2.75) is 43.7 Å². The van der Waals surface area contributed by atoms with E-state index < -0.39 is 28.1 Å². The normalized spacial score (nSPS) is 13.7. The van der Waals surface area contributed by atoms with Crippen LogP contribution in [0.1, 0.15) is 24.5 Å². The standard InChI is InChI=1S/C20H25NO5S/c1-3-26-20(23)19(22)18(14-11-16-7-5-4-6-8-16)21-27(24,25)17-12-9-15(2)10-13-17/h4-10,12-13,18-19,21-22H,3,11,14H2,1-2H3/t18-,19+/m0/s1. The first-order valence-corrected chi connectivity index (χ1v) is 10.3. The molecule has 0 saturated carbocycles. The number of sulfonamides is 1. The van der Waals surface area contributed by atoms with Crippen molar-refractivity contribution in [1.29, 1.82) is 0 Å². The number of carbonyl (C=O) groups excluding carboxylic acids is 1. The monoisotopic (exact) mass is 391 g/mol. The molecule has 2 N–H and O–H groups in total. The number of nitrogens with one attached hydrogen (secondary N) is 1. The third-order valence-corrected chi connectivity index (χ3v) is 5.64. The van der Waals surface area contributed by atoms with Crippen molar-refractivity contribution >= 4 is 16.0 Å². The zero-order valence-electron chi connectivity index (χ0n) is 15.5. The minimum Gasteiger partial charge on any atom is -0.464 e. The van der Waals surface area contributed by atoms with E-state index in [0.717, 1.165) is 11.1 Å². The summed E-state index contributed by atoms with van der Waals surface area (Å²) >= 11 is 0. The Bertz CT molecular complexity index is 834. The van der Waals surface area contributed by atoms with Crippen LogP contribution in [0.2, 0.25) is 0 Å². The molecule has 7 heteroatoms. The summed E-state index contributed by atoms with van der Waals surface area (Å²) in [6, 6.07) is 14.8. The molecule has 27 heavy (non-hydrogen) atoms. The molecule has 146 valence electrons. The summed E-state index contributed by atoms with van der Waals surface area (Å²) in [6.45, 7) is 3.59. The van der Waals surface area contributed by atoms with E-state index in [1.165, 1.54) is 12.1 Å². The molecule has 0 spiro atoms. The second-order valence-electron chi connectivity index (χ2n) is 6.26. The van der Waals surface area contributed by atoms with Crippen LogP contribution in [0.25, 0.3) is 0 Å². The molecule has 0 aliphatic carbocycles. The van der Waals surface area contributed by atoms with Crippen LogP contribution in [0.15, 0.2) is 59.5 Å². The summed E-state index contributed by atoms with van der Waals surface area (Å²) in [6.07, 6.45) is -0.845. The SMILES string of the molecule is CCOC(=O)[C@H](O)[C@H](CCc1ccccc1)NS(=O)(=O)c1ccc(C)cc1. The molecule has 0 fully saturated rings. The molecule has 2 atom stereocenters. The van der Waals surface area contributed by atoms with Gasteiger partial charge in [-0.15, -0.1) is 0 Å². The highest BCUT2D eigenvalue weighted by Gasteiger charge is 2.31. The van der Waals surface area contributed by atoms with Gasteiger partial charge in [0.2, 0.25) is 10.0 Å². The predicted molar refractivity (Wildman–Crippen MR) is 103 cm³/mol. The van der Waals surface area contributed by atoms with E-state index in [1.54, 1.807) is 19.1 Å². The van der Waals surface area contributed by atoms with Gasteiger partial charge in [0.25, 0.3) is 0 Å². The maximum Gasteiger partial charge on any atom is 0.336 e. The summed E-state index contributed by atoms with van der Waals surface area (Å²) in [5.41, 5.74) is 1.91. The topological polar surface area (TPSA) is 92.7 Å². The number of hydrogen-bond donors (Lipinski definition) is 2. The van der Waals surface area contributed by atoms with E-state index in [9.17, 15) is 18.3 Å². The molecule has 0 heterocycles. The Kier molecular flexibility index (Phi) is 7.53. The van der Waals surface area contributed by atoms with E-state index in [1.807, 2.05) is 37.3 Å². The second kappa shape index (κ2) is 9.64. The lowest BCUT2D eigenvalue weighted by molar-refractivity contribution is -0.154. The summed E-state index contributed by atoms with van der Waals surface area (Å²) in [4.78, 5) is 12.0. The molecular formula is C20H25NO5S. The summed E-state index contributed by atoms with van der Waals surface area (Å²) in [5.74, 6) is -0.845. The van der Waals surface area contributed by atoms with Gasteiger partial charge in [-0.3, -0.25) is 0 Å². The molecule has 0 aliphatic heterocycles. The van der Waals surface area contributed by atoms with Gasteiger partial charge in [-0.1, -0.05) is 48.0 Å². The quantitative estimate of drug-likeness (QED) is 0.639. The number of benzene rings is 2. The number of hydrogen-bond acceptors (Lipinski definition) is 5. The van der Waals surface area contributed by atoms with Gasteiger partial charge >= 0.3 is 5.97 Å². The first kappa shape index (κ1) is 21.1. The van der Waals surface area contributed by atoms with Crippen LogP contribution in [0.4, 0.5) is 0 Å². The lowest BCUT2D eigenvalue weighted by Gasteiger charge is -2.23. The number of rotatable bonds is 9. The predicted octanol–water partition coefficient (Wildman–Crippen LogP) is 2.20. The Morgan fingerprint density at radius 2 is 1.74 bits per heavy atom. The summed E-state index contributed by atoms with van der Waals surface area (Å²) < 4.78 is 32.7. The summed E-state index contributed by atoms with van der Waals surface area (Å²) in [7, 11) is -3.89. The third kappa shape index (κ3) is 6.16. The van der Waals surface area contributed by atoms with Gasteiger partial charge in [-0.25, -0.2) is 17.9 Å². The van der Waals surface area contributed by atoms with Gasteiger partial charge in [0.05, 0.1) is 17.5 Å². The van der Waals surface area contributed by atoms with Gasteiger partial charge < -0.3 is 9.84 Å². The largest absolute Gasteiger partial charge is 0.464 e. The molecule has 2 aromatic carbocycles. The highest BCUT2D eigenvalue weighted by molar-refractivity contribution is 7.89. The number of aryl methyl sites for hydroxylation is 2.